The van der Waals surface area contributed by atoms with Crippen LogP contribution in [-0.2, 0) is 18.4 Å². The summed E-state index contributed by atoms with van der Waals surface area (Å²) in [5.74, 6) is -1.15. The molecule has 7 heteroatoms. The quantitative estimate of drug-likeness (QED) is 0.845. The molecule has 1 aromatic rings. The second-order valence-electron chi connectivity index (χ2n) is 5.33. The third kappa shape index (κ3) is 2.76. The second kappa shape index (κ2) is 5.52. The molecule has 20 heavy (non-hydrogen) atoms. The van der Waals surface area contributed by atoms with Crippen LogP contribution in [0.1, 0.15) is 18.2 Å². The molecule has 0 saturated carbocycles. The molecule has 0 aliphatic carbocycles. The summed E-state index contributed by atoms with van der Waals surface area (Å²) in [6.07, 6.45) is 1.74. The van der Waals surface area contributed by atoms with E-state index in [1.54, 1.807) is 22.7 Å². The molecule has 2 heterocycles. The van der Waals surface area contributed by atoms with Crippen LogP contribution >= 0.6 is 0 Å². The molecular weight excluding hydrogens is 260 g/mol. The first-order valence-corrected chi connectivity index (χ1v) is 6.63. The molecule has 2 amide bonds. The third-order valence-corrected chi connectivity index (χ3v) is 4.06. The number of nitrogens with zero attached hydrogens (tertiary/aromatic N) is 3. The van der Waals surface area contributed by atoms with E-state index in [0.29, 0.717) is 19.6 Å². The van der Waals surface area contributed by atoms with Crippen molar-refractivity contribution in [3.63, 3.8) is 0 Å². The number of hydrogen-bond donors (Lipinski definition) is 2. The fraction of sp³-hybridized carbons (Fsp3) is 0.615. The molecule has 1 unspecified atom stereocenters. The molecule has 1 fully saturated rings. The van der Waals surface area contributed by atoms with Crippen molar-refractivity contribution in [2.24, 2.45) is 18.9 Å². The van der Waals surface area contributed by atoms with Gasteiger partial charge >= 0.3 is 12.0 Å². The van der Waals surface area contributed by atoms with Crippen LogP contribution in [-0.4, -0.2) is 44.9 Å². The molecule has 7 nitrogen and oxygen atoms in total. The van der Waals surface area contributed by atoms with Crippen LogP contribution in [0.25, 0.3) is 0 Å². The van der Waals surface area contributed by atoms with Gasteiger partial charge in [-0.05, 0) is 6.92 Å². The van der Waals surface area contributed by atoms with Crippen molar-refractivity contribution in [2.75, 3.05) is 13.1 Å². The third-order valence-electron chi connectivity index (χ3n) is 4.06. The standard InChI is InChI=1S/C13H20N4O3/c1-8(12(18)19)11-6-17(7-11)13(20)14-4-10-5-15-16(3)9(10)2/h5,8,11H,4,6-7H2,1-3H3,(H,14,20)(H,18,19). The van der Waals surface area contributed by atoms with Gasteiger partial charge in [-0.15, -0.1) is 0 Å². The lowest BCUT2D eigenvalue weighted by Crippen LogP contribution is -2.56. The summed E-state index contributed by atoms with van der Waals surface area (Å²) in [6.45, 7) is 5.08. The Hall–Kier alpha value is -2.05. The molecule has 1 atom stereocenters. The minimum Gasteiger partial charge on any atom is -0.481 e. The highest BCUT2D eigenvalue weighted by molar-refractivity contribution is 5.76. The second-order valence-corrected chi connectivity index (χ2v) is 5.33. The van der Waals surface area contributed by atoms with Gasteiger partial charge in [0.2, 0.25) is 0 Å². The number of carboxylic acids is 1. The van der Waals surface area contributed by atoms with E-state index in [2.05, 4.69) is 10.4 Å². The number of urea groups is 1. The number of rotatable bonds is 4. The van der Waals surface area contributed by atoms with Gasteiger partial charge in [0.15, 0.2) is 0 Å². The van der Waals surface area contributed by atoms with Gasteiger partial charge in [0, 0.05) is 43.9 Å². The number of nitrogens with one attached hydrogen (secondary N) is 1. The number of aromatic nitrogens is 2. The smallest absolute Gasteiger partial charge is 0.317 e. The Kier molecular flexibility index (Phi) is 3.96. The van der Waals surface area contributed by atoms with Crippen molar-refractivity contribution in [3.05, 3.63) is 17.5 Å². The zero-order chi connectivity index (χ0) is 14.9. The molecule has 0 bridgehead atoms. The van der Waals surface area contributed by atoms with E-state index in [1.165, 1.54) is 0 Å². The number of hydrogen-bond acceptors (Lipinski definition) is 3. The zero-order valence-corrected chi connectivity index (χ0v) is 12.0. The highest BCUT2D eigenvalue weighted by Crippen LogP contribution is 2.23. The summed E-state index contributed by atoms with van der Waals surface area (Å²) in [4.78, 5) is 24.4. The number of carbonyl (C=O) groups excluding carboxylic acids is 1. The largest absolute Gasteiger partial charge is 0.481 e. The molecule has 1 aromatic heterocycles. The predicted octanol–water partition coefficient (Wildman–Crippen LogP) is 0.591. The summed E-state index contributed by atoms with van der Waals surface area (Å²) in [6, 6.07) is -0.151. The van der Waals surface area contributed by atoms with Crippen molar-refractivity contribution in [3.8, 4) is 0 Å². The molecule has 1 aliphatic rings. The normalized spacial score (nSPS) is 16.6. The van der Waals surface area contributed by atoms with Crippen LogP contribution in [0.2, 0.25) is 0 Å². The van der Waals surface area contributed by atoms with Crippen molar-refractivity contribution in [1.82, 2.24) is 20.0 Å². The van der Waals surface area contributed by atoms with Gasteiger partial charge in [0.05, 0.1) is 12.1 Å². The summed E-state index contributed by atoms with van der Waals surface area (Å²) < 4.78 is 1.76. The Bertz CT molecular complexity index is 520. The first kappa shape index (κ1) is 14.4. The van der Waals surface area contributed by atoms with Gasteiger partial charge in [-0.1, -0.05) is 6.92 Å². The maximum Gasteiger partial charge on any atom is 0.317 e. The lowest BCUT2D eigenvalue weighted by molar-refractivity contribution is -0.144. The van der Waals surface area contributed by atoms with Gasteiger partial charge in [0.1, 0.15) is 0 Å². The van der Waals surface area contributed by atoms with Crippen LogP contribution in [0, 0.1) is 18.8 Å². The van der Waals surface area contributed by atoms with E-state index in [1.807, 2.05) is 14.0 Å². The average molecular weight is 280 g/mol. The minimum absolute atomic E-state index is 0.0541. The Morgan fingerprint density at radius 1 is 1.55 bits per heavy atom. The van der Waals surface area contributed by atoms with Crippen molar-refractivity contribution in [1.29, 1.82) is 0 Å². The number of carboxylic acid groups (broad SMARTS) is 1. The Labute approximate surface area is 117 Å². The molecule has 0 radical (unpaired) electrons. The Morgan fingerprint density at radius 3 is 2.70 bits per heavy atom. The maximum atomic E-state index is 11.9. The number of carbonyl (C=O) groups is 2. The predicted molar refractivity (Wildman–Crippen MR) is 72.0 cm³/mol. The monoisotopic (exact) mass is 280 g/mol. The van der Waals surface area contributed by atoms with E-state index in [-0.39, 0.29) is 11.9 Å². The Balaban J connectivity index is 1.78. The van der Waals surface area contributed by atoms with Gasteiger partial charge in [0.25, 0.3) is 0 Å². The van der Waals surface area contributed by atoms with E-state index in [0.717, 1.165) is 11.3 Å². The zero-order valence-electron chi connectivity index (χ0n) is 12.0. The molecule has 2 N–H and O–H groups in total. The first-order chi connectivity index (χ1) is 9.40. The van der Waals surface area contributed by atoms with Gasteiger partial charge in [-0.25, -0.2) is 4.79 Å². The Morgan fingerprint density at radius 2 is 2.20 bits per heavy atom. The minimum atomic E-state index is -0.805. The van der Waals surface area contributed by atoms with Gasteiger partial charge in [-0.2, -0.15) is 5.10 Å². The van der Waals surface area contributed by atoms with Crippen LogP contribution in [0.4, 0.5) is 4.79 Å². The molecule has 110 valence electrons. The topological polar surface area (TPSA) is 87.5 Å². The molecule has 0 spiro atoms. The lowest BCUT2D eigenvalue weighted by atomic mass is 9.87. The number of aliphatic carboxylic acids is 1. The van der Waals surface area contributed by atoms with Gasteiger partial charge < -0.3 is 15.3 Å². The van der Waals surface area contributed by atoms with E-state index >= 15 is 0 Å². The van der Waals surface area contributed by atoms with Crippen molar-refractivity contribution in [2.45, 2.75) is 20.4 Å². The fourth-order valence-electron chi connectivity index (χ4n) is 2.20. The molecule has 1 aliphatic heterocycles. The van der Waals surface area contributed by atoms with Crippen molar-refractivity contribution < 1.29 is 14.7 Å². The molecule has 0 aromatic carbocycles. The highest BCUT2D eigenvalue weighted by atomic mass is 16.4. The van der Waals surface area contributed by atoms with Crippen LogP contribution < -0.4 is 5.32 Å². The number of likely N-dealkylation sites (tertiary alicyclic amines) is 1. The average Bonchev–Trinajstić information content (AvgIpc) is 2.65. The number of aryl methyl sites for hydroxylation is 1. The lowest BCUT2D eigenvalue weighted by Gasteiger charge is -2.41. The highest BCUT2D eigenvalue weighted by Gasteiger charge is 2.37. The summed E-state index contributed by atoms with van der Waals surface area (Å²) in [7, 11) is 1.86. The van der Waals surface area contributed by atoms with Crippen LogP contribution in [0.5, 0.6) is 0 Å². The molecular formula is C13H20N4O3. The molecule has 2 rings (SSSR count). The van der Waals surface area contributed by atoms with Crippen LogP contribution in [0.15, 0.2) is 6.20 Å². The van der Waals surface area contributed by atoms with E-state index < -0.39 is 11.9 Å². The summed E-state index contributed by atoms with van der Waals surface area (Å²) in [5, 5.41) is 15.8. The SMILES string of the molecule is Cc1c(CNC(=O)N2CC(C(C)C(=O)O)C2)cnn1C. The van der Waals surface area contributed by atoms with E-state index in [9.17, 15) is 9.59 Å². The van der Waals surface area contributed by atoms with E-state index in [4.69, 9.17) is 5.11 Å². The van der Waals surface area contributed by atoms with Crippen molar-refractivity contribution >= 4 is 12.0 Å². The fourth-order valence-corrected chi connectivity index (χ4v) is 2.20. The van der Waals surface area contributed by atoms with Gasteiger partial charge in [-0.3, -0.25) is 9.48 Å². The maximum absolute atomic E-state index is 11.9. The summed E-state index contributed by atoms with van der Waals surface area (Å²) in [5.41, 5.74) is 2.00. The number of amides is 2. The molecule has 1 saturated heterocycles. The first-order valence-electron chi connectivity index (χ1n) is 6.63. The van der Waals surface area contributed by atoms with Crippen LogP contribution in [0.3, 0.4) is 0 Å². The summed E-state index contributed by atoms with van der Waals surface area (Å²) >= 11 is 0.